The highest BCUT2D eigenvalue weighted by molar-refractivity contribution is 7.89. The molecule has 1 atom stereocenters. The lowest BCUT2D eigenvalue weighted by Gasteiger charge is -2.33. The molecule has 1 amide bonds. The van der Waals surface area contributed by atoms with Crippen molar-refractivity contribution < 1.29 is 22.3 Å². The van der Waals surface area contributed by atoms with Crippen LogP contribution in [0.15, 0.2) is 29.2 Å². The van der Waals surface area contributed by atoms with Crippen molar-refractivity contribution in [3.05, 3.63) is 30.1 Å². The van der Waals surface area contributed by atoms with E-state index in [4.69, 9.17) is 4.74 Å². The van der Waals surface area contributed by atoms with Gasteiger partial charge in [0.25, 0.3) is 0 Å². The molecule has 1 saturated heterocycles. The molecule has 140 valence electrons. The molecule has 0 saturated carbocycles. The largest absolute Gasteiger partial charge is 0.382 e. The van der Waals surface area contributed by atoms with E-state index in [0.29, 0.717) is 39.0 Å². The molecular weight excluding hydrogens is 347 g/mol. The zero-order chi connectivity index (χ0) is 18.3. The Labute approximate surface area is 148 Å². The van der Waals surface area contributed by atoms with Crippen LogP contribution >= 0.6 is 0 Å². The molecule has 0 unspecified atom stereocenters. The first kappa shape index (κ1) is 19.8. The second-order valence-electron chi connectivity index (χ2n) is 5.92. The highest BCUT2D eigenvalue weighted by Gasteiger charge is 2.37. The number of halogens is 1. The van der Waals surface area contributed by atoms with E-state index in [9.17, 15) is 17.6 Å². The van der Waals surface area contributed by atoms with Gasteiger partial charge in [0.05, 0.1) is 4.90 Å². The van der Waals surface area contributed by atoms with Gasteiger partial charge >= 0.3 is 0 Å². The quantitative estimate of drug-likeness (QED) is 0.708. The molecule has 0 radical (unpaired) electrons. The minimum absolute atomic E-state index is 0.00458. The third-order valence-corrected chi connectivity index (χ3v) is 6.07. The summed E-state index contributed by atoms with van der Waals surface area (Å²) in [5.41, 5.74) is 0. The molecule has 25 heavy (non-hydrogen) atoms. The molecule has 0 bridgehead atoms. The predicted octanol–water partition coefficient (Wildman–Crippen LogP) is 1.91. The van der Waals surface area contributed by atoms with Crippen LogP contribution < -0.4 is 5.32 Å². The number of nitrogens with zero attached hydrogens (tertiary/aromatic N) is 1. The first-order valence-electron chi connectivity index (χ1n) is 8.59. The summed E-state index contributed by atoms with van der Waals surface area (Å²) in [5.74, 6) is -0.789. The Morgan fingerprint density at radius 2 is 2.04 bits per heavy atom. The monoisotopic (exact) mass is 372 g/mol. The Kier molecular flexibility index (Phi) is 7.34. The van der Waals surface area contributed by atoms with Crippen molar-refractivity contribution in [3.8, 4) is 0 Å². The maximum atomic E-state index is 13.1. The second kappa shape index (κ2) is 9.26. The molecule has 1 aliphatic heterocycles. The first-order chi connectivity index (χ1) is 12.0. The highest BCUT2D eigenvalue weighted by Crippen LogP contribution is 2.25. The topological polar surface area (TPSA) is 75.7 Å². The Hall–Kier alpha value is -1.51. The molecule has 1 aromatic rings. The predicted molar refractivity (Wildman–Crippen MR) is 92.1 cm³/mol. The number of sulfonamides is 1. The van der Waals surface area contributed by atoms with E-state index in [1.54, 1.807) is 0 Å². The number of carbonyl (C=O) groups is 1. The van der Waals surface area contributed by atoms with Crippen molar-refractivity contribution in [3.63, 3.8) is 0 Å². The molecule has 6 nitrogen and oxygen atoms in total. The normalized spacial score (nSPS) is 18.9. The fourth-order valence-corrected chi connectivity index (χ4v) is 4.50. The Balaban J connectivity index is 2.06. The molecule has 1 aliphatic rings. The van der Waals surface area contributed by atoms with Crippen LogP contribution in [0.25, 0.3) is 0 Å². The molecule has 0 spiro atoms. The van der Waals surface area contributed by atoms with Gasteiger partial charge in [0.15, 0.2) is 0 Å². The van der Waals surface area contributed by atoms with E-state index < -0.39 is 21.9 Å². The third kappa shape index (κ3) is 5.23. The number of hydrogen-bond donors (Lipinski definition) is 1. The number of rotatable bonds is 8. The molecule has 1 fully saturated rings. The molecule has 0 aliphatic carbocycles. The molecular formula is C17H25FN2O4S. The van der Waals surface area contributed by atoms with E-state index in [2.05, 4.69) is 5.32 Å². The molecule has 1 heterocycles. The van der Waals surface area contributed by atoms with Crippen LogP contribution in [0.3, 0.4) is 0 Å². The summed E-state index contributed by atoms with van der Waals surface area (Å²) in [6.07, 6.45) is 2.66. The van der Waals surface area contributed by atoms with Crippen LogP contribution in [0, 0.1) is 5.82 Å². The van der Waals surface area contributed by atoms with Crippen LogP contribution in [-0.4, -0.2) is 51.0 Å². The van der Waals surface area contributed by atoms with Gasteiger partial charge in [0.2, 0.25) is 15.9 Å². The summed E-state index contributed by atoms with van der Waals surface area (Å²) in [6, 6.07) is 3.96. The zero-order valence-corrected chi connectivity index (χ0v) is 15.2. The number of carbonyl (C=O) groups excluding carboxylic acids is 1. The maximum absolute atomic E-state index is 13.1. The van der Waals surface area contributed by atoms with Crippen molar-refractivity contribution in [2.24, 2.45) is 0 Å². The molecule has 0 aromatic heterocycles. The van der Waals surface area contributed by atoms with Gasteiger partial charge < -0.3 is 10.1 Å². The Morgan fingerprint density at radius 1 is 1.32 bits per heavy atom. The lowest BCUT2D eigenvalue weighted by atomic mass is 10.0. The average molecular weight is 372 g/mol. The zero-order valence-electron chi connectivity index (χ0n) is 14.4. The summed E-state index contributed by atoms with van der Waals surface area (Å²) in [6.45, 7) is 3.81. The van der Waals surface area contributed by atoms with E-state index in [0.717, 1.165) is 18.6 Å². The maximum Gasteiger partial charge on any atom is 0.243 e. The van der Waals surface area contributed by atoms with Crippen LogP contribution in [0.4, 0.5) is 4.39 Å². The van der Waals surface area contributed by atoms with Crippen molar-refractivity contribution in [1.82, 2.24) is 9.62 Å². The minimum Gasteiger partial charge on any atom is -0.382 e. The van der Waals surface area contributed by atoms with Crippen molar-refractivity contribution >= 4 is 15.9 Å². The van der Waals surface area contributed by atoms with Gasteiger partial charge in [-0.05, 0) is 50.5 Å². The molecule has 8 heteroatoms. The van der Waals surface area contributed by atoms with Crippen LogP contribution in [0.1, 0.15) is 32.6 Å². The molecule has 1 aromatic carbocycles. The Morgan fingerprint density at radius 3 is 2.72 bits per heavy atom. The summed E-state index contributed by atoms with van der Waals surface area (Å²) in [5, 5.41) is 2.79. The fraction of sp³-hybridized carbons (Fsp3) is 0.588. The van der Waals surface area contributed by atoms with E-state index >= 15 is 0 Å². The number of piperidine rings is 1. The SMILES string of the molecule is CCOCCCNC(=O)[C@@H]1CCCCN1S(=O)(=O)c1ccc(F)cc1. The summed E-state index contributed by atoms with van der Waals surface area (Å²) in [7, 11) is -3.83. The van der Waals surface area contributed by atoms with Crippen molar-refractivity contribution in [2.75, 3.05) is 26.3 Å². The Bertz CT molecular complexity index is 664. The lowest BCUT2D eigenvalue weighted by Crippen LogP contribution is -2.51. The smallest absolute Gasteiger partial charge is 0.243 e. The summed E-state index contributed by atoms with van der Waals surface area (Å²) in [4.78, 5) is 12.5. The number of hydrogen-bond acceptors (Lipinski definition) is 4. The second-order valence-corrected chi connectivity index (χ2v) is 7.81. The summed E-state index contributed by atoms with van der Waals surface area (Å²) >= 11 is 0. The highest BCUT2D eigenvalue weighted by atomic mass is 32.2. The number of amides is 1. The van der Waals surface area contributed by atoms with Crippen molar-refractivity contribution in [2.45, 2.75) is 43.5 Å². The molecule has 2 rings (SSSR count). The third-order valence-electron chi connectivity index (χ3n) is 4.15. The fourth-order valence-electron chi connectivity index (χ4n) is 2.84. The first-order valence-corrected chi connectivity index (χ1v) is 10.0. The number of ether oxygens (including phenoxy) is 1. The van der Waals surface area contributed by atoms with Gasteiger partial charge in [-0.3, -0.25) is 4.79 Å². The number of benzene rings is 1. The van der Waals surface area contributed by atoms with Gasteiger partial charge in [-0.15, -0.1) is 0 Å². The van der Waals surface area contributed by atoms with Gasteiger partial charge in [0.1, 0.15) is 11.9 Å². The van der Waals surface area contributed by atoms with Gasteiger partial charge in [-0.1, -0.05) is 6.42 Å². The van der Waals surface area contributed by atoms with E-state index in [1.165, 1.54) is 16.4 Å². The average Bonchev–Trinajstić information content (AvgIpc) is 2.62. The number of nitrogens with one attached hydrogen (secondary N) is 1. The van der Waals surface area contributed by atoms with Gasteiger partial charge in [-0.25, -0.2) is 12.8 Å². The molecule has 1 N–H and O–H groups in total. The standard InChI is InChI=1S/C17H25FN2O4S/c1-2-24-13-5-11-19-17(21)16-6-3-4-12-20(16)25(22,23)15-9-7-14(18)8-10-15/h7-10,16H,2-6,11-13H2,1H3,(H,19,21)/t16-/m0/s1. The summed E-state index contributed by atoms with van der Waals surface area (Å²) < 4.78 is 45.2. The van der Waals surface area contributed by atoms with Gasteiger partial charge in [0, 0.05) is 26.3 Å². The van der Waals surface area contributed by atoms with Crippen LogP contribution in [0.2, 0.25) is 0 Å². The van der Waals surface area contributed by atoms with E-state index in [1.807, 2.05) is 6.92 Å². The van der Waals surface area contributed by atoms with E-state index in [-0.39, 0.29) is 17.3 Å². The minimum atomic E-state index is -3.83. The van der Waals surface area contributed by atoms with Crippen molar-refractivity contribution in [1.29, 1.82) is 0 Å². The van der Waals surface area contributed by atoms with Gasteiger partial charge in [-0.2, -0.15) is 4.31 Å². The lowest BCUT2D eigenvalue weighted by molar-refractivity contribution is -0.125. The van der Waals surface area contributed by atoms with Crippen LogP contribution in [0.5, 0.6) is 0 Å². The van der Waals surface area contributed by atoms with Crippen LogP contribution in [-0.2, 0) is 19.6 Å².